The van der Waals surface area contributed by atoms with Gasteiger partial charge in [-0.05, 0) is 55.0 Å². The number of anilines is 2. The van der Waals surface area contributed by atoms with Crippen LogP contribution in [0.3, 0.4) is 0 Å². The molecule has 0 spiro atoms. The lowest BCUT2D eigenvalue weighted by molar-refractivity contribution is -0.137. The highest BCUT2D eigenvalue weighted by molar-refractivity contribution is 7.92. The number of nitrogens with one attached hydrogen (secondary N) is 1. The normalized spacial score (nSPS) is 13.1. The number of carbonyl (C=O) groups excluding carboxylic acids is 1. The van der Waals surface area contributed by atoms with Crippen LogP contribution in [-0.4, -0.2) is 38.6 Å². The van der Waals surface area contributed by atoms with Crippen LogP contribution in [0.1, 0.15) is 5.56 Å². The van der Waals surface area contributed by atoms with E-state index in [-0.39, 0.29) is 28.6 Å². The number of sulfonamides is 1. The summed E-state index contributed by atoms with van der Waals surface area (Å²) in [7, 11) is -4.11. The molecule has 33 heavy (non-hydrogen) atoms. The number of benzene rings is 3. The molecule has 0 unspecified atom stereocenters. The summed E-state index contributed by atoms with van der Waals surface area (Å²) < 4.78 is 39.9. The van der Waals surface area contributed by atoms with Crippen molar-refractivity contribution < 1.29 is 32.6 Å². The number of carboxylic acid groups (broad SMARTS) is 1. The van der Waals surface area contributed by atoms with Crippen LogP contribution in [0.5, 0.6) is 17.2 Å². The Kier molecular flexibility index (Phi) is 5.93. The summed E-state index contributed by atoms with van der Waals surface area (Å²) in [5, 5.41) is 9.12. The van der Waals surface area contributed by atoms with E-state index in [0.29, 0.717) is 11.5 Å². The number of para-hydroxylation sites is 2. The molecule has 0 bridgehead atoms. The third kappa shape index (κ3) is 4.90. The zero-order valence-corrected chi connectivity index (χ0v) is 18.3. The van der Waals surface area contributed by atoms with Gasteiger partial charge in [0.2, 0.25) is 0 Å². The Labute approximate surface area is 190 Å². The lowest BCUT2D eigenvalue weighted by Crippen LogP contribution is -2.42. The number of hydrogen-bond acceptors (Lipinski definition) is 6. The molecule has 3 aromatic carbocycles. The predicted octanol–water partition coefficient (Wildman–Crippen LogP) is 3.40. The molecule has 170 valence electrons. The molecule has 9 nitrogen and oxygen atoms in total. The van der Waals surface area contributed by atoms with E-state index >= 15 is 0 Å². The van der Waals surface area contributed by atoms with Gasteiger partial charge in [0.15, 0.2) is 12.4 Å². The smallest absolute Gasteiger partial charge is 0.323 e. The van der Waals surface area contributed by atoms with E-state index in [0.717, 1.165) is 10.5 Å². The van der Waals surface area contributed by atoms with Gasteiger partial charge >= 0.3 is 5.97 Å². The second kappa shape index (κ2) is 8.83. The number of carbonyl (C=O) groups is 2. The van der Waals surface area contributed by atoms with Crippen LogP contribution < -0.4 is 19.1 Å². The third-order valence-corrected chi connectivity index (χ3v) is 6.19. The number of rotatable bonds is 7. The first-order valence-electron chi connectivity index (χ1n) is 9.88. The Bertz CT molecular complexity index is 1340. The standard InChI is InChI=1S/C23H20N2O7S/c1-15-5-4-6-16(11-15)32-20-8-3-2-7-18(20)24-33(29,30)17-9-10-21-19(12-17)25(13-23(27)28)22(26)14-31-21/h2-12,24H,13-14H2,1H3,(H,27,28). The fourth-order valence-corrected chi connectivity index (χ4v) is 4.40. The van der Waals surface area contributed by atoms with Crippen molar-refractivity contribution in [1.82, 2.24) is 0 Å². The maximum absolute atomic E-state index is 13.1. The van der Waals surface area contributed by atoms with E-state index in [4.69, 9.17) is 14.6 Å². The monoisotopic (exact) mass is 468 g/mol. The van der Waals surface area contributed by atoms with Crippen LogP contribution in [0.4, 0.5) is 11.4 Å². The van der Waals surface area contributed by atoms with Crippen molar-refractivity contribution in [3.05, 3.63) is 72.3 Å². The van der Waals surface area contributed by atoms with Crippen molar-refractivity contribution in [1.29, 1.82) is 0 Å². The number of carboxylic acids is 1. The summed E-state index contributed by atoms with van der Waals surface area (Å²) in [5.41, 5.74) is 1.27. The lowest BCUT2D eigenvalue weighted by Gasteiger charge is -2.28. The Morgan fingerprint density at radius 2 is 1.91 bits per heavy atom. The Hall–Kier alpha value is -4.05. The molecular weight excluding hydrogens is 448 g/mol. The second-order valence-corrected chi connectivity index (χ2v) is 8.99. The minimum absolute atomic E-state index is 0.0702. The lowest BCUT2D eigenvalue weighted by atomic mass is 10.2. The van der Waals surface area contributed by atoms with Crippen LogP contribution in [0.2, 0.25) is 0 Å². The molecule has 3 aromatic rings. The summed E-state index contributed by atoms with van der Waals surface area (Å²) in [6.45, 7) is 0.979. The Morgan fingerprint density at radius 3 is 2.67 bits per heavy atom. The number of aliphatic carboxylic acids is 1. The Morgan fingerprint density at radius 1 is 1.12 bits per heavy atom. The van der Waals surface area contributed by atoms with Gasteiger partial charge < -0.3 is 14.6 Å². The minimum atomic E-state index is -4.11. The van der Waals surface area contributed by atoms with Gasteiger partial charge in [-0.15, -0.1) is 0 Å². The fraction of sp³-hybridized carbons (Fsp3) is 0.130. The first kappa shape index (κ1) is 22.2. The number of amides is 1. The molecular formula is C23H20N2O7S. The Balaban J connectivity index is 1.65. The van der Waals surface area contributed by atoms with Gasteiger partial charge in [-0.25, -0.2) is 8.42 Å². The molecule has 0 saturated heterocycles. The topological polar surface area (TPSA) is 122 Å². The zero-order valence-electron chi connectivity index (χ0n) is 17.5. The van der Waals surface area contributed by atoms with Crippen molar-refractivity contribution in [3.63, 3.8) is 0 Å². The fourth-order valence-electron chi connectivity index (χ4n) is 3.31. The molecule has 0 fully saturated rings. The van der Waals surface area contributed by atoms with Crippen molar-refractivity contribution in [3.8, 4) is 17.2 Å². The van der Waals surface area contributed by atoms with Gasteiger partial charge in [0.25, 0.3) is 15.9 Å². The van der Waals surface area contributed by atoms with E-state index in [9.17, 15) is 18.0 Å². The number of nitrogens with zero attached hydrogens (tertiary/aromatic N) is 1. The number of hydrogen-bond donors (Lipinski definition) is 2. The molecule has 0 atom stereocenters. The summed E-state index contributed by atoms with van der Waals surface area (Å²) in [6.07, 6.45) is 0. The molecule has 0 radical (unpaired) electrons. The average molecular weight is 468 g/mol. The number of ether oxygens (including phenoxy) is 2. The summed E-state index contributed by atoms with van der Waals surface area (Å²) in [4.78, 5) is 24.1. The van der Waals surface area contributed by atoms with Crippen LogP contribution in [-0.2, 0) is 19.6 Å². The molecule has 10 heteroatoms. The zero-order chi connectivity index (χ0) is 23.6. The number of fused-ring (bicyclic) bond motifs is 1. The van der Waals surface area contributed by atoms with E-state index in [1.165, 1.54) is 18.2 Å². The quantitative estimate of drug-likeness (QED) is 0.545. The summed E-state index contributed by atoms with van der Waals surface area (Å²) in [5.74, 6) is -0.738. The third-order valence-electron chi connectivity index (χ3n) is 4.83. The summed E-state index contributed by atoms with van der Waals surface area (Å²) >= 11 is 0. The van der Waals surface area contributed by atoms with Gasteiger partial charge in [0.05, 0.1) is 16.3 Å². The highest BCUT2D eigenvalue weighted by Gasteiger charge is 2.29. The highest BCUT2D eigenvalue weighted by atomic mass is 32.2. The summed E-state index contributed by atoms with van der Waals surface area (Å²) in [6, 6.07) is 17.8. The van der Waals surface area contributed by atoms with E-state index in [1.54, 1.807) is 30.3 Å². The SMILES string of the molecule is Cc1cccc(Oc2ccccc2NS(=O)(=O)c2ccc3c(c2)N(CC(=O)O)C(=O)CO3)c1. The molecule has 1 amide bonds. The van der Waals surface area contributed by atoms with Crippen molar-refractivity contribution in [2.75, 3.05) is 22.8 Å². The molecule has 2 N–H and O–H groups in total. The molecule has 4 rings (SSSR count). The minimum Gasteiger partial charge on any atom is -0.482 e. The van der Waals surface area contributed by atoms with Crippen LogP contribution in [0, 0.1) is 6.92 Å². The molecule has 0 aromatic heterocycles. The molecule has 0 saturated carbocycles. The first-order valence-corrected chi connectivity index (χ1v) is 11.4. The van der Waals surface area contributed by atoms with Crippen molar-refractivity contribution in [2.45, 2.75) is 11.8 Å². The largest absolute Gasteiger partial charge is 0.482 e. The van der Waals surface area contributed by atoms with Crippen LogP contribution in [0.15, 0.2) is 71.6 Å². The van der Waals surface area contributed by atoms with Gasteiger partial charge in [-0.1, -0.05) is 24.3 Å². The number of aryl methyl sites for hydroxylation is 1. The highest BCUT2D eigenvalue weighted by Crippen LogP contribution is 2.36. The molecule has 1 aliphatic rings. The van der Waals surface area contributed by atoms with Crippen molar-refractivity contribution in [2.24, 2.45) is 0 Å². The molecule has 1 heterocycles. The maximum atomic E-state index is 13.1. The van der Waals surface area contributed by atoms with Gasteiger partial charge in [-0.2, -0.15) is 0 Å². The molecule has 0 aliphatic carbocycles. The van der Waals surface area contributed by atoms with Crippen LogP contribution in [0.25, 0.3) is 0 Å². The predicted molar refractivity (Wildman–Crippen MR) is 120 cm³/mol. The van der Waals surface area contributed by atoms with Gasteiger partial charge in [0, 0.05) is 0 Å². The van der Waals surface area contributed by atoms with Gasteiger partial charge in [0.1, 0.15) is 18.0 Å². The first-order chi connectivity index (χ1) is 15.7. The van der Waals surface area contributed by atoms with Gasteiger partial charge in [-0.3, -0.25) is 19.2 Å². The van der Waals surface area contributed by atoms with E-state index in [1.807, 2.05) is 25.1 Å². The average Bonchev–Trinajstić information content (AvgIpc) is 2.76. The van der Waals surface area contributed by atoms with Crippen LogP contribution >= 0.6 is 0 Å². The van der Waals surface area contributed by atoms with E-state index < -0.39 is 28.4 Å². The molecule has 1 aliphatic heterocycles. The van der Waals surface area contributed by atoms with E-state index in [2.05, 4.69) is 4.72 Å². The van der Waals surface area contributed by atoms with Crippen molar-refractivity contribution >= 4 is 33.3 Å². The second-order valence-electron chi connectivity index (χ2n) is 7.31. The maximum Gasteiger partial charge on any atom is 0.323 e.